The summed E-state index contributed by atoms with van der Waals surface area (Å²) in [6.07, 6.45) is 7.81. The molecule has 10 heteroatoms. The van der Waals surface area contributed by atoms with Crippen LogP contribution < -0.4 is 14.8 Å². The molecule has 1 aromatic heterocycles. The third-order valence-corrected chi connectivity index (χ3v) is 7.23. The van der Waals surface area contributed by atoms with Gasteiger partial charge in [0.05, 0.1) is 0 Å². The van der Waals surface area contributed by atoms with Gasteiger partial charge in [-0.1, -0.05) is 37.0 Å². The van der Waals surface area contributed by atoms with Gasteiger partial charge in [-0.3, -0.25) is 4.79 Å². The van der Waals surface area contributed by atoms with Crippen LogP contribution in [0.4, 0.5) is 11.5 Å². The number of aromatic amines is 1. The van der Waals surface area contributed by atoms with Crippen molar-refractivity contribution in [2.45, 2.75) is 38.5 Å². The molecule has 1 aromatic carbocycles. The van der Waals surface area contributed by atoms with Crippen LogP contribution >= 0.6 is 0 Å². The number of rotatable bonds is 5. The summed E-state index contributed by atoms with van der Waals surface area (Å²) in [6, 6.07) is 5.82. The Morgan fingerprint density at radius 1 is 1.31 bits per heavy atom. The van der Waals surface area contributed by atoms with Crippen molar-refractivity contribution >= 4 is 33.2 Å². The number of carbonyl (C=O) groups is 1. The lowest BCUT2D eigenvalue weighted by Gasteiger charge is -2.26. The molecule has 1 amide bonds. The van der Waals surface area contributed by atoms with E-state index in [1.54, 1.807) is 0 Å². The Hall–Kier alpha value is -3.00. The highest BCUT2D eigenvalue weighted by molar-refractivity contribution is 7.87. The van der Waals surface area contributed by atoms with Crippen LogP contribution in [0.15, 0.2) is 30.5 Å². The Kier molecular flexibility index (Phi) is 6.41. The summed E-state index contributed by atoms with van der Waals surface area (Å²) in [4.78, 5) is 22.7. The van der Waals surface area contributed by atoms with Gasteiger partial charge in [0.2, 0.25) is 0 Å². The molecule has 4 rings (SSSR count). The summed E-state index contributed by atoms with van der Waals surface area (Å²) in [7, 11) is -3.42. The Morgan fingerprint density at radius 2 is 2.09 bits per heavy atom. The molecule has 0 bridgehead atoms. The van der Waals surface area contributed by atoms with E-state index in [4.69, 9.17) is 6.57 Å². The molecule has 1 atom stereocenters. The molecule has 168 valence electrons. The minimum atomic E-state index is -3.42. The lowest BCUT2D eigenvalue weighted by atomic mass is 9.83. The number of hydrogen-bond acceptors (Lipinski definition) is 4. The van der Waals surface area contributed by atoms with Crippen molar-refractivity contribution in [2.75, 3.05) is 18.4 Å². The number of imidazole rings is 1. The zero-order valence-corrected chi connectivity index (χ0v) is 18.6. The van der Waals surface area contributed by atoms with Crippen molar-refractivity contribution in [3.63, 3.8) is 0 Å². The van der Waals surface area contributed by atoms with Crippen molar-refractivity contribution < 1.29 is 13.2 Å². The fourth-order valence-electron chi connectivity index (χ4n) is 4.14. The molecule has 1 saturated heterocycles. The smallest absolute Gasteiger partial charge is 0.316 e. The molecule has 2 aliphatic rings. The number of amides is 1. The first kappa shape index (κ1) is 22.2. The van der Waals surface area contributed by atoms with Gasteiger partial charge in [-0.05, 0) is 48.4 Å². The van der Waals surface area contributed by atoms with Crippen LogP contribution in [0.5, 0.6) is 0 Å². The minimum absolute atomic E-state index is 0.0131. The maximum absolute atomic E-state index is 12.7. The van der Waals surface area contributed by atoms with Gasteiger partial charge in [0.15, 0.2) is 0 Å². The lowest BCUT2D eigenvalue weighted by molar-refractivity contribution is 0.101. The zero-order chi connectivity index (χ0) is 22.7. The first-order valence-corrected chi connectivity index (χ1v) is 12.2. The molecule has 1 unspecified atom stereocenters. The monoisotopic (exact) mass is 454 g/mol. The molecular formula is C22H26N6O3S. The van der Waals surface area contributed by atoms with Crippen LogP contribution in [0.2, 0.25) is 0 Å². The van der Waals surface area contributed by atoms with E-state index in [0.29, 0.717) is 24.7 Å². The van der Waals surface area contributed by atoms with Crippen LogP contribution in [-0.2, 0) is 10.2 Å². The van der Waals surface area contributed by atoms with Crippen molar-refractivity contribution in [3.05, 3.63) is 58.8 Å². The van der Waals surface area contributed by atoms with Gasteiger partial charge >= 0.3 is 5.91 Å². The summed E-state index contributed by atoms with van der Waals surface area (Å²) in [5.41, 5.74) is 3.79. The Morgan fingerprint density at radius 3 is 2.72 bits per heavy atom. The average Bonchev–Trinajstić information content (AvgIpc) is 3.29. The van der Waals surface area contributed by atoms with Gasteiger partial charge in [-0.25, -0.2) is 9.44 Å². The van der Waals surface area contributed by atoms with Crippen LogP contribution in [0.1, 0.15) is 60.3 Å². The Labute approximate surface area is 187 Å². The molecule has 1 aliphatic heterocycles. The van der Waals surface area contributed by atoms with Gasteiger partial charge in [0.25, 0.3) is 21.9 Å². The number of hydrogen-bond donors (Lipinski definition) is 4. The number of nitrogens with zero attached hydrogens (tertiary/aromatic N) is 2. The molecule has 2 heterocycles. The summed E-state index contributed by atoms with van der Waals surface area (Å²) < 4.78 is 28.3. The van der Waals surface area contributed by atoms with Crippen molar-refractivity contribution in [3.8, 4) is 0 Å². The van der Waals surface area contributed by atoms with E-state index in [2.05, 4.69) is 42.6 Å². The number of H-pyrrole nitrogens is 1. The Balaban J connectivity index is 1.63. The molecule has 32 heavy (non-hydrogen) atoms. The van der Waals surface area contributed by atoms with Crippen LogP contribution in [0, 0.1) is 12.5 Å². The summed E-state index contributed by atoms with van der Waals surface area (Å²) in [6.45, 7) is 9.87. The van der Waals surface area contributed by atoms with E-state index in [1.165, 1.54) is 11.8 Å². The zero-order valence-electron chi connectivity index (χ0n) is 17.8. The van der Waals surface area contributed by atoms with Crippen molar-refractivity contribution in [1.82, 2.24) is 19.4 Å². The molecule has 1 fully saturated rings. The molecular weight excluding hydrogens is 428 g/mol. The van der Waals surface area contributed by atoms with E-state index in [1.807, 2.05) is 18.2 Å². The second-order valence-electron chi connectivity index (χ2n) is 8.15. The second kappa shape index (κ2) is 9.24. The first-order chi connectivity index (χ1) is 15.4. The molecule has 1 aliphatic carbocycles. The van der Waals surface area contributed by atoms with Crippen LogP contribution in [0.3, 0.4) is 0 Å². The van der Waals surface area contributed by atoms with Gasteiger partial charge < -0.3 is 15.1 Å². The van der Waals surface area contributed by atoms with Crippen LogP contribution in [0.25, 0.3) is 10.4 Å². The van der Waals surface area contributed by atoms with E-state index in [-0.39, 0.29) is 17.6 Å². The number of anilines is 1. The largest absolute Gasteiger partial charge is 0.359 e. The van der Waals surface area contributed by atoms with E-state index < -0.39 is 16.1 Å². The standard InChI is InChI=1S/C22H26N6O3S/c1-3-14-4-6-15(7-5-14)18-10-16(17-11-25-32(30,31)26-12-17)8-9-19(18)27-22(29)21-24-13-20(23-2)28-21/h6,8-10,13-14,17,25-26H,3-5,7,11-12H2,1H3,(H,24,28)(H,27,29). The van der Waals surface area contributed by atoms with Gasteiger partial charge in [0.1, 0.15) is 0 Å². The Bertz CT molecular complexity index is 1180. The highest BCUT2D eigenvalue weighted by atomic mass is 32.2. The van der Waals surface area contributed by atoms with Gasteiger partial charge in [0, 0.05) is 36.5 Å². The lowest BCUT2D eigenvalue weighted by Crippen LogP contribution is -2.47. The summed E-state index contributed by atoms with van der Waals surface area (Å²) in [5, 5.41) is 2.93. The maximum Gasteiger partial charge on any atom is 0.316 e. The normalized spacial score (nSPS) is 20.9. The number of allylic oxidation sites excluding steroid dienone is 2. The molecule has 4 N–H and O–H groups in total. The van der Waals surface area contributed by atoms with Gasteiger partial charge in [-0.2, -0.15) is 8.42 Å². The fraction of sp³-hybridized carbons (Fsp3) is 0.409. The molecule has 0 radical (unpaired) electrons. The third-order valence-electron chi connectivity index (χ3n) is 6.14. The predicted molar refractivity (Wildman–Crippen MR) is 123 cm³/mol. The van der Waals surface area contributed by atoms with Gasteiger partial charge in [-0.15, -0.1) is 0 Å². The van der Waals surface area contributed by atoms with Crippen molar-refractivity contribution in [2.24, 2.45) is 5.92 Å². The quantitative estimate of drug-likeness (QED) is 0.518. The van der Waals surface area contributed by atoms with Crippen molar-refractivity contribution in [1.29, 1.82) is 0 Å². The first-order valence-electron chi connectivity index (χ1n) is 10.7. The summed E-state index contributed by atoms with van der Waals surface area (Å²) in [5.74, 6) is 0.469. The third kappa shape index (κ3) is 4.91. The molecule has 0 saturated carbocycles. The molecule has 2 aromatic rings. The highest BCUT2D eigenvalue weighted by Crippen LogP contribution is 2.36. The molecule has 0 spiro atoms. The molecule has 9 nitrogen and oxygen atoms in total. The van der Waals surface area contributed by atoms with E-state index in [0.717, 1.165) is 36.8 Å². The number of nitrogens with one attached hydrogen (secondary N) is 4. The predicted octanol–water partition coefficient (Wildman–Crippen LogP) is 3.33. The fourth-order valence-corrected chi connectivity index (χ4v) is 5.08. The maximum atomic E-state index is 12.7. The van der Waals surface area contributed by atoms with E-state index in [9.17, 15) is 13.2 Å². The highest BCUT2D eigenvalue weighted by Gasteiger charge is 2.25. The van der Waals surface area contributed by atoms with Crippen LogP contribution in [-0.4, -0.2) is 37.4 Å². The second-order valence-corrected chi connectivity index (χ2v) is 9.74. The summed E-state index contributed by atoms with van der Waals surface area (Å²) >= 11 is 0. The average molecular weight is 455 g/mol. The SMILES string of the molecule is [C-]#[N+]c1c[nH]c(C(=O)Nc2ccc(C3CNS(=O)(=O)NC3)cc2C2=CCC(CC)CC2)n1. The topological polar surface area (TPSA) is 120 Å². The minimum Gasteiger partial charge on any atom is -0.359 e. The number of aromatic nitrogens is 2. The number of benzene rings is 1. The number of carbonyl (C=O) groups excluding carboxylic acids is 1. The van der Waals surface area contributed by atoms with E-state index >= 15 is 0 Å².